The van der Waals surface area contributed by atoms with Crippen LogP contribution in [0.3, 0.4) is 0 Å². The Kier molecular flexibility index (Phi) is 4.83. The maximum Gasteiger partial charge on any atom is 0.335 e. The van der Waals surface area contributed by atoms with Crippen LogP contribution in [-0.4, -0.2) is 29.1 Å². The van der Waals surface area contributed by atoms with E-state index in [1.54, 1.807) is 4.90 Å². The molecule has 0 saturated heterocycles. The van der Waals surface area contributed by atoms with Crippen molar-refractivity contribution in [3.05, 3.63) is 33.9 Å². The van der Waals surface area contributed by atoms with Crippen LogP contribution in [0.15, 0.2) is 18.2 Å². The molecule has 0 aliphatic rings. The molecule has 7 nitrogen and oxygen atoms in total. The lowest BCUT2D eigenvalue weighted by molar-refractivity contribution is -0.384. The van der Waals surface area contributed by atoms with Gasteiger partial charge in [-0.3, -0.25) is 10.1 Å². The van der Waals surface area contributed by atoms with Crippen molar-refractivity contribution >= 4 is 17.3 Å². The summed E-state index contributed by atoms with van der Waals surface area (Å²) in [6.45, 7) is 2.67. The Morgan fingerprint density at radius 2 is 2.26 bits per heavy atom. The van der Waals surface area contributed by atoms with Gasteiger partial charge in [-0.15, -0.1) is 0 Å². The molecule has 0 amide bonds. The molecule has 1 rings (SSSR count). The normalized spacial score (nSPS) is 9.68. The summed E-state index contributed by atoms with van der Waals surface area (Å²) in [5.74, 6) is -1.21. The van der Waals surface area contributed by atoms with Crippen LogP contribution in [0, 0.1) is 21.4 Å². The van der Waals surface area contributed by atoms with E-state index in [0.717, 1.165) is 6.07 Å². The van der Waals surface area contributed by atoms with Gasteiger partial charge in [-0.2, -0.15) is 5.26 Å². The zero-order chi connectivity index (χ0) is 14.4. The molecule has 1 N–H and O–H groups in total. The van der Waals surface area contributed by atoms with E-state index in [0.29, 0.717) is 18.8 Å². The summed E-state index contributed by atoms with van der Waals surface area (Å²) in [6, 6.07) is 5.73. The SMILES string of the molecule is CCN(CCC#N)c1ccc(C(=O)O)cc1[N+](=O)[O-]. The van der Waals surface area contributed by atoms with Crippen molar-refractivity contribution < 1.29 is 14.8 Å². The number of hydrogen-bond acceptors (Lipinski definition) is 5. The van der Waals surface area contributed by atoms with Gasteiger partial charge in [0.25, 0.3) is 5.69 Å². The third-order valence-corrected chi connectivity index (χ3v) is 2.63. The first-order valence-electron chi connectivity index (χ1n) is 5.64. The molecule has 0 aliphatic carbocycles. The third-order valence-electron chi connectivity index (χ3n) is 2.63. The molecule has 0 unspecified atom stereocenters. The summed E-state index contributed by atoms with van der Waals surface area (Å²) >= 11 is 0. The van der Waals surface area contributed by atoms with Gasteiger partial charge >= 0.3 is 5.97 Å². The second kappa shape index (κ2) is 6.35. The van der Waals surface area contributed by atoms with E-state index in [1.807, 2.05) is 13.0 Å². The maximum atomic E-state index is 11.0. The van der Waals surface area contributed by atoms with Gasteiger partial charge in [-0.1, -0.05) is 0 Å². The fourth-order valence-electron chi connectivity index (χ4n) is 1.70. The lowest BCUT2D eigenvalue weighted by Gasteiger charge is -2.21. The first-order valence-corrected chi connectivity index (χ1v) is 5.64. The van der Waals surface area contributed by atoms with Gasteiger partial charge < -0.3 is 10.0 Å². The van der Waals surface area contributed by atoms with Gasteiger partial charge in [-0.05, 0) is 19.1 Å². The second-order valence-electron chi connectivity index (χ2n) is 3.75. The average Bonchev–Trinajstić information content (AvgIpc) is 2.39. The number of carbonyl (C=O) groups is 1. The fourth-order valence-corrected chi connectivity index (χ4v) is 1.70. The molecule has 0 aromatic heterocycles. The van der Waals surface area contributed by atoms with Gasteiger partial charge in [0, 0.05) is 19.2 Å². The van der Waals surface area contributed by atoms with Crippen molar-refractivity contribution in [3.63, 3.8) is 0 Å². The van der Waals surface area contributed by atoms with Crippen molar-refractivity contribution in [2.45, 2.75) is 13.3 Å². The molecule has 7 heteroatoms. The van der Waals surface area contributed by atoms with Crippen LogP contribution >= 0.6 is 0 Å². The van der Waals surface area contributed by atoms with Crippen LogP contribution in [0.1, 0.15) is 23.7 Å². The van der Waals surface area contributed by atoms with Crippen molar-refractivity contribution in [1.82, 2.24) is 0 Å². The summed E-state index contributed by atoms with van der Waals surface area (Å²) in [4.78, 5) is 22.9. The predicted molar refractivity (Wildman–Crippen MR) is 68.2 cm³/mol. The van der Waals surface area contributed by atoms with Gasteiger partial charge in [-0.25, -0.2) is 4.79 Å². The number of aromatic carboxylic acids is 1. The number of nitro groups is 1. The van der Waals surface area contributed by atoms with Gasteiger partial charge in [0.15, 0.2) is 0 Å². The van der Waals surface area contributed by atoms with Crippen LogP contribution in [-0.2, 0) is 0 Å². The van der Waals surface area contributed by atoms with Crippen molar-refractivity contribution in [3.8, 4) is 6.07 Å². The first kappa shape index (κ1) is 14.4. The second-order valence-corrected chi connectivity index (χ2v) is 3.75. The number of carboxylic acid groups (broad SMARTS) is 1. The molecule has 0 fully saturated rings. The number of nitriles is 1. The van der Waals surface area contributed by atoms with Gasteiger partial charge in [0.1, 0.15) is 5.69 Å². The zero-order valence-electron chi connectivity index (χ0n) is 10.4. The van der Waals surface area contributed by atoms with E-state index in [2.05, 4.69) is 0 Å². The highest BCUT2D eigenvalue weighted by Crippen LogP contribution is 2.29. The number of benzene rings is 1. The van der Waals surface area contributed by atoms with E-state index in [9.17, 15) is 14.9 Å². The minimum atomic E-state index is -1.21. The summed E-state index contributed by atoms with van der Waals surface area (Å²) in [5.41, 5.74) is -0.0702. The molecule has 100 valence electrons. The molecule has 1 aromatic rings. The van der Waals surface area contributed by atoms with Crippen LogP contribution in [0.25, 0.3) is 0 Å². The molecule has 19 heavy (non-hydrogen) atoms. The molecule has 1 aromatic carbocycles. The van der Waals surface area contributed by atoms with E-state index in [1.165, 1.54) is 12.1 Å². The third kappa shape index (κ3) is 3.42. The largest absolute Gasteiger partial charge is 0.478 e. The Morgan fingerprint density at radius 1 is 1.58 bits per heavy atom. The standard InChI is InChI=1S/C12H13N3O4/c1-2-14(7-3-6-13)10-5-4-9(12(16)17)8-11(10)15(18)19/h4-5,8H,2-3,7H2,1H3,(H,16,17). The van der Waals surface area contributed by atoms with Crippen molar-refractivity contribution in [2.75, 3.05) is 18.0 Å². The summed E-state index contributed by atoms with van der Waals surface area (Å²) in [6.07, 6.45) is 0.242. The topological polar surface area (TPSA) is 107 Å². The monoisotopic (exact) mass is 263 g/mol. The fraction of sp³-hybridized carbons (Fsp3) is 0.333. The highest BCUT2D eigenvalue weighted by Gasteiger charge is 2.20. The average molecular weight is 263 g/mol. The Hall–Kier alpha value is -2.62. The molecule has 0 radical (unpaired) electrons. The number of nitrogens with zero attached hydrogens (tertiary/aromatic N) is 3. The van der Waals surface area contributed by atoms with E-state index in [-0.39, 0.29) is 17.7 Å². The number of hydrogen-bond donors (Lipinski definition) is 1. The van der Waals surface area contributed by atoms with Crippen molar-refractivity contribution in [1.29, 1.82) is 5.26 Å². The van der Waals surface area contributed by atoms with Crippen LogP contribution in [0.2, 0.25) is 0 Å². The number of nitro benzene ring substituents is 1. The molecule has 0 aliphatic heterocycles. The lowest BCUT2D eigenvalue weighted by Crippen LogP contribution is -2.24. The number of anilines is 1. The predicted octanol–water partition coefficient (Wildman–Crippen LogP) is 2.03. The molecule has 0 heterocycles. The van der Waals surface area contributed by atoms with Crippen LogP contribution in [0.4, 0.5) is 11.4 Å². The zero-order valence-corrected chi connectivity index (χ0v) is 10.4. The lowest BCUT2D eigenvalue weighted by atomic mass is 10.1. The van der Waals surface area contributed by atoms with Crippen LogP contribution < -0.4 is 4.90 Å². The van der Waals surface area contributed by atoms with E-state index in [4.69, 9.17) is 10.4 Å². The van der Waals surface area contributed by atoms with Crippen molar-refractivity contribution in [2.24, 2.45) is 0 Å². The summed E-state index contributed by atoms with van der Waals surface area (Å²) in [5, 5.41) is 28.4. The van der Waals surface area contributed by atoms with Gasteiger partial charge in [0.05, 0.1) is 23.0 Å². The molecule has 0 bridgehead atoms. The van der Waals surface area contributed by atoms with E-state index >= 15 is 0 Å². The Bertz CT molecular complexity index is 536. The number of carboxylic acids is 1. The minimum absolute atomic E-state index is 0.133. The van der Waals surface area contributed by atoms with E-state index < -0.39 is 10.9 Å². The van der Waals surface area contributed by atoms with Gasteiger partial charge in [0.2, 0.25) is 0 Å². The Morgan fingerprint density at radius 3 is 2.74 bits per heavy atom. The quantitative estimate of drug-likeness (QED) is 0.621. The smallest absolute Gasteiger partial charge is 0.335 e. The summed E-state index contributed by atoms with van der Waals surface area (Å²) < 4.78 is 0. The first-order chi connectivity index (χ1) is 9.01. The molecule has 0 atom stereocenters. The highest BCUT2D eigenvalue weighted by atomic mass is 16.6. The minimum Gasteiger partial charge on any atom is -0.478 e. The molecular weight excluding hydrogens is 250 g/mol. The Labute approximate surface area is 109 Å². The highest BCUT2D eigenvalue weighted by molar-refractivity contribution is 5.89. The van der Waals surface area contributed by atoms with Crippen LogP contribution in [0.5, 0.6) is 0 Å². The molecular formula is C12H13N3O4. The molecule has 0 saturated carbocycles. The number of rotatable bonds is 6. The Balaban J connectivity index is 3.22. The molecule has 0 spiro atoms. The maximum absolute atomic E-state index is 11.0. The summed E-state index contributed by atoms with van der Waals surface area (Å²) in [7, 11) is 0.